The molecule has 0 aliphatic heterocycles. The van der Waals surface area contributed by atoms with Crippen molar-refractivity contribution in [1.82, 2.24) is 9.88 Å². The van der Waals surface area contributed by atoms with E-state index in [1.54, 1.807) is 6.20 Å². The molecule has 8 nitrogen and oxygen atoms in total. The molecule has 0 atom stereocenters. The number of anilines is 1. The van der Waals surface area contributed by atoms with Crippen molar-refractivity contribution >= 4 is 45.6 Å². The Bertz CT molecular complexity index is 881. The van der Waals surface area contributed by atoms with Crippen molar-refractivity contribution in [3.63, 3.8) is 0 Å². The van der Waals surface area contributed by atoms with Crippen molar-refractivity contribution in [2.45, 2.75) is 25.8 Å². The van der Waals surface area contributed by atoms with Gasteiger partial charge in [0, 0.05) is 29.2 Å². The molecular weight excluding hydrogens is 380 g/mol. The molecule has 0 spiro atoms. The van der Waals surface area contributed by atoms with Crippen LogP contribution in [0.3, 0.4) is 0 Å². The fourth-order valence-corrected chi connectivity index (χ4v) is 3.36. The highest BCUT2D eigenvalue weighted by molar-refractivity contribution is 7.15. The molecule has 1 aliphatic rings. The summed E-state index contributed by atoms with van der Waals surface area (Å²) in [7, 11) is 0. The Kier molecular flexibility index (Phi) is 5.19. The highest BCUT2D eigenvalue weighted by Gasteiger charge is 2.35. The average Bonchev–Trinajstić information content (AvgIpc) is 3.34. The van der Waals surface area contributed by atoms with Crippen molar-refractivity contribution in [3.05, 3.63) is 50.0 Å². The minimum Gasteiger partial charge on any atom is -0.326 e. The Morgan fingerprint density at radius 1 is 1.46 bits per heavy atom. The van der Waals surface area contributed by atoms with Crippen LogP contribution in [0.25, 0.3) is 0 Å². The summed E-state index contributed by atoms with van der Waals surface area (Å²) in [4.78, 5) is 41.8. The van der Waals surface area contributed by atoms with Crippen molar-refractivity contribution in [1.29, 1.82) is 0 Å². The number of amides is 2. The molecule has 1 fully saturated rings. The zero-order chi connectivity index (χ0) is 18.8. The molecule has 1 N–H and O–H groups in total. The number of nitro benzene ring substituents is 1. The van der Waals surface area contributed by atoms with E-state index in [-0.39, 0.29) is 34.8 Å². The lowest BCUT2D eigenvalue weighted by molar-refractivity contribution is -0.384. The summed E-state index contributed by atoms with van der Waals surface area (Å²) < 4.78 is 0. The third-order valence-corrected chi connectivity index (χ3v) is 4.96. The van der Waals surface area contributed by atoms with Crippen LogP contribution < -0.4 is 5.32 Å². The number of thiazole rings is 1. The highest BCUT2D eigenvalue weighted by atomic mass is 35.5. The van der Waals surface area contributed by atoms with Gasteiger partial charge >= 0.3 is 0 Å². The Labute approximate surface area is 157 Å². The second kappa shape index (κ2) is 7.38. The Hall–Kier alpha value is -2.52. The van der Waals surface area contributed by atoms with Gasteiger partial charge in [0.25, 0.3) is 11.6 Å². The summed E-state index contributed by atoms with van der Waals surface area (Å²) in [6.07, 6.45) is 3.26. The number of aryl methyl sites for hydroxylation is 1. The number of rotatable bonds is 6. The van der Waals surface area contributed by atoms with E-state index in [9.17, 15) is 19.7 Å². The number of aromatic nitrogens is 1. The smallest absolute Gasteiger partial charge is 0.270 e. The predicted octanol–water partition coefficient (Wildman–Crippen LogP) is 3.26. The molecule has 1 aliphatic carbocycles. The molecule has 1 heterocycles. The number of nitrogens with zero attached hydrogens (tertiary/aromatic N) is 3. The quantitative estimate of drug-likeness (QED) is 0.598. The van der Waals surface area contributed by atoms with Gasteiger partial charge in [-0.15, -0.1) is 11.3 Å². The van der Waals surface area contributed by atoms with Gasteiger partial charge in [0.1, 0.15) is 6.54 Å². The summed E-state index contributed by atoms with van der Waals surface area (Å²) in [5.41, 5.74) is -0.0523. The first-order valence-electron chi connectivity index (χ1n) is 7.82. The van der Waals surface area contributed by atoms with Gasteiger partial charge in [0.15, 0.2) is 5.13 Å². The van der Waals surface area contributed by atoms with Crippen LogP contribution in [0.5, 0.6) is 0 Å². The van der Waals surface area contributed by atoms with Crippen LogP contribution in [0.2, 0.25) is 5.02 Å². The van der Waals surface area contributed by atoms with Gasteiger partial charge in [-0.2, -0.15) is 0 Å². The zero-order valence-electron chi connectivity index (χ0n) is 13.8. The van der Waals surface area contributed by atoms with E-state index in [4.69, 9.17) is 11.6 Å². The molecular formula is C16H15ClN4O4S. The Balaban J connectivity index is 1.74. The summed E-state index contributed by atoms with van der Waals surface area (Å²) in [6, 6.07) is 3.65. The van der Waals surface area contributed by atoms with Crippen LogP contribution in [-0.2, 0) is 4.79 Å². The number of carbonyl (C=O) groups excluding carboxylic acids is 2. The van der Waals surface area contributed by atoms with Crippen LogP contribution in [-0.4, -0.2) is 39.2 Å². The predicted molar refractivity (Wildman–Crippen MR) is 97.6 cm³/mol. The average molecular weight is 395 g/mol. The minimum atomic E-state index is -0.581. The van der Waals surface area contributed by atoms with Gasteiger partial charge in [-0.1, -0.05) is 11.6 Å². The van der Waals surface area contributed by atoms with Gasteiger partial charge in [0.2, 0.25) is 5.91 Å². The highest BCUT2D eigenvalue weighted by Crippen LogP contribution is 2.31. The van der Waals surface area contributed by atoms with Crippen LogP contribution in [0.15, 0.2) is 24.4 Å². The molecule has 0 radical (unpaired) electrons. The van der Waals surface area contributed by atoms with Gasteiger partial charge < -0.3 is 10.2 Å². The number of nitrogens with one attached hydrogen (secondary N) is 1. The van der Waals surface area contributed by atoms with E-state index in [1.807, 2.05) is 6.92 Å². The fraction of sp³-hybridized carbons (Fsp3) is 0.312. The van der Waals surface area contributed by atoms with Gasteiger partial charge in [-0.25, -0.2) is 4.98 Å². The van der Waals surface area contributed by atoms with Crippen molar-refractivity contribution in [2.24, 2.45) is 0 Å². The molecule has 26 heavy (non-hydrogen) atoms. The van der Waals surface area contributed by atoms with Crippen LogP contribution in [0, 0.1) is 17.0 Å². The number of hydrogen-bond donors (Lipinski definition) is 1. The van der Waals surface area contributed by atoms with Crippen LogP contribution in [0.1, 0.15) is 28.1 Å². The molecule has 1 saturated carbocycles. The maximum Gasteiger partial charge on any atom is 0.270 e. The molecule has 0 bridgehead atoms. The Morgan fingerprint density at radius 2 is 2.19 bits per heavy atom. The molecule has 136 valence electrons. The first kappa shape index (κ1) is 18.3. The third kappa shape index (κ3) is 4.17. The van der Waals surface area contributed by atoms with Crippen molar-refractivity contribution < 1.29 is 14.5 Å². The lowest BCUT2D eigenvalue weighted by Gasteiger charge is -2.22. The topological polar surface area (TPSA) is 105 Å². The van der Waals surface area contributed by atoms with E-state index >= 15 is 0 Å². The summed E-state index contributed by atoms with van der Waals surface area (Å²) >= 11 is 7.39. The minimum absolute atomic E-state index is 0.00851. The normalized spacial score (nSPS) is 13.3. The Morgan fingerprint density at radius 3 is 2.73 bits per heavy atom. The maximum absolute atomic E-state index is 12.8. The SMILES string of the molecule is Cc1cnc(NC(=O)CN(C(=O)c2ccc([N+](=O)[O-])cc2Cl)C2CC2)s1. The number of halogens is 1. The number of non-ortho nitro benzene ring substituents is 1. The summed E-state index contributed by atoms with van der Waals surface area (Å²) in [5.74, 6) is -0.768. The summed E-state index contributed by atoms with van der Waals surface area (Å²) in [5, 5.41) is 13.9. The van der Waals surface area contributed by atoms with Crippen LogP contribution >= 0.6 is 22.9 Å². The standard InChI is InChI=1S/C16H15ClN4O4S/c1-9-7-18-16(26-9)19-14(22)8-20(10-2-3-10)15(23)12-5-4-11(21(24)25)6-13(12)17/h4-7,10H,2-3,8H2,1H3,(H,18,19,22). The monoisotopic (exact) mass is 394 g/mol. The second-order valence-corrected chi connectivity index (χ2v) is 7.55. The van der Waals surface area contributed by atoms with Gasteiger partial charge in [0.05, 0.1) is 15.5 Å². The number of benzene rings is 1. The first-order valence-corrected chi connectivity index (χ1v) is 9.02. The third-order valence-electron chi connectivity index (χ3n) is 3.82. The molecule has 0 unspecified atom stereocenters. The van der Waals surface area contributed by atoms with E-state index in [0.717, 1.165) is 23.8 Å². The van der Waals surface area contributed by atoms with Crippen molar-refractivity contribution in [2.75, 3.05) is 11.9 Å². The lowest BCUT2D eigenvalue weighted by atomic mass is 10.1. The van der Waals surface area contributed by atoms with E-state index < -0.39 is 10.8 Å². The second-order valence-electron chi connectivity index (χ2n) is 5.91. The molecule has 0 saturated heterocycles. The lowest BCUT2D eigenvalue weighted by Crippen LogP contribution is -2.39. The van der Waals surface area contributed by atoms with E-state index in [0.29, 0.717) is 5.13 Å². The first-order chi connectivity index (χ1) is 12.3. The van der Waals surface area contributed by atoms with Gasteiger partial charge in [-0.05, 0) is 25.8 Å². The molecule has 3 rings (SSSR count). The molecule has 10 heteroatoms. The largest absolute Gasteiger partial charge is 0.326 e. The van der Waals surface area contributed by atoms with Gasteiger partial charge in [-0.3, -0.25) is 19.7 Å². The number of carbonyl (C=O) groups is 2. The van der Waals surface area contributed by atoms with Crippen molar-refractivity contribution in [3.8, 4) is 0 Å². The molecule has 2 amide bonds. The fourth-order valence-electron chi connectivity index (χ4n) is 2.42. The molecule has 1 aromatic carbocycles. The number of nitro groups is 1. The molecule has 1 aromatic heterocycles. The van der Waals surface area contributed by atoms with E-state index in [1.165, 1.54) is 28.4 Å². The van der Waals surface area contributed by atoms with Crippen LogP contribution in [0.4, 0.5) is 10.8 Å². The molecule has 2 aromatic rings. The summed E-state index contributed by atoms with van der Waals surface area (Å²) in [6.45, 7) is 1.75. The zero-order valence-corrected chi connectivity index (χ0v) is 15.3. The van der Waals surface area contributed by atoms with E-state index in [2.05, 4.69) is 10.3 Å². The number of hydrogen-bond acceptors (Lipinski definition) is 6. The maximum atomic E-state index is 12.8.